The number of anilines is 1. The Bertz CT molecular complexity index is 862. The molecule has 0 unspecified atom stereocenters. The molecule has 122 valence electrons. The van der Waals surface area contributed by atoms with Gasteiger partial charge in [0.05, 0.1) is 10.1 Å². The number of piperazine rings is 1. The number of carbonyl (C=O) groups is 1. The molecule has 0 atom stereocenters. The third-order valence-electron chi connectivity index (χ3n) is 3.72. The van der Waals surface area contributed by atoms with Crippen molar-refractivity contribution in [3.05, 3.63) is 32.8 Å². The summed E-state index contributed by atoms with van der Waals surface area (Å²) in [6.07, 6.45) is 0. The average molecular weight is 342 g/mol. The van der Waals surface area contributed by atoms with Crippen molar-refractivity contribution >= 4 is 33.1 Å². The van der Waals surface area contributed by atoms with Gasteiger partial charge in [-0.15, -0.1) is 11.3 Å². The van der Waals surface area contributed by atoms with E-state index in [1.54, 1.807) is 0 Å². The van der Waals surface area contributed by atoms with Crippen molar-refractivity contribution in [3.63, 3.8) is 0 Å². The normalized spacial score (nSPS) is 15.1. The minimum absolute atomic E-state index is 0.257. The number of nitrogens with one attached hydrogen (secondary N) is 1. The Morgan fingerprint density at radius 1 is 1.26 bits per heavy atom. The van der Waals surface area contributed by atoms with Crippen LogP contribution in [0, 0.1) is 11.6 Å². The minimum atomic E-state index is -1.51. The number of aromatic carboxylic acids is 1. The van der Waals surface area contributed by atoms with Gasteiger partial charge in [-0.25, -0.2) is 13.6 Å². The van der Waals surface area contributed by atoms with Crippen LogP contribution < -0.4 is 15.6 Å². The highest BCUT2D eigenvalue weighted by Gasteiger charge is 2.28. The van der Waals surface area contributed by atoms with Gasteiger partial charge in [-0.05, 0) is 0 Å². The maximum absolute atomic E-state index is 14.7. The van der Waals surface area contributed by atoms with Gasteiger partial charge in [0.25, 0.3) is 0 Å². The van der Waals surface area contributed by atoms with Gasteiger partial charge in [-0.2, -0.15) is 0 Å². The number of phenols is 1. The van der Waals surface area contributed by atoms with E-state index in [1.807, 2.05) is 0 Å². The maximum atomic E-state index is 14.7. The smallest absolute Gasteiger partial charge is 0.340 e. The number of carboxylic acids is 1. The summed E-state index contributed by atoms with van der Waals surface area (Å²) in [6.45, 7) is 1.76. The second kappa shape index (κ2) is 5.74. The molecule has 0 spiro atoms. The zero-order chi connectivity index (χ0) is 16.7. The first-order valence-corrected chi connectivity index (χ1v) is 7.65. The van der Waals surface area contributed by atoms with Crippen LogP contribution in [0.1, 0.15) is 10.4 Å². The van der Waals surface area contributed by atoms with Gasteiger partial charge in [0.2, 0.25) is 5.43 Å². The Morgan fingerprint density at radius 3 is 2.52 bits per heavy atom. The number of hydrogen-bond acceptors (Lipinski definition) is 6. The number of halogens is 2. The van der Waals surface area contributed by atoms with E-state index in [1.165, 1.54) is 4.90 Å². The molecule has 9 heteroatoms. The first kappa shape index (κ1) is 15.6. The van der Waals surface area contributed by atoms with Gasteiger partial charge in [0, 0.05) is 31.6 Å². The highest BCUT2D eigenvalue weighted by atomic mass is 32.1. The molecule has 2 heterocycles. The summed E-state index contributed by atoms with van der Waals surface area (Å²) in [6, 6.07) is 0. The summed E-state index contributed by atoms with van der Waals surface area (Å²) in [5.74, 6) is -4.74. The zero-order valence-electron chi connectivity index (χ0n) is 11.7. The second-order valence-electron chi connectivity index (χ2n) is 5.05. The molecule has 1 aromatic carbocycles. The molecule has 1 aromatic heterocycles. The van der Waals surface area contributed by atoms with E-state index in [0.717, 1.165) is 5.38 Å². The van der Waals surface area contributed by atoms with Crippen LogP contribution in [-0.4, -0.2) is 42.4 Å². The van der Waals surface area contributed by atoms with Gasteiger partial charge in [0.1, 0.15) is 11.3 Å². The topological polar surface area (TPSA) is 89.9 Å². The molecule has 1 aliphatic heterocycles. The predicted molar refractivity (Wildman–Crippen MR) is 81.7 cm³/mol. The van der Waals surface area contributed by atoms with E-state index in [4.69, 9.17) is 5.11 Å². The summed E-state index contributed by atoms with van der Waals surface area (Å²) in [7, 11) is 0. The molecule has 23 heavy (non-hydrogen) atoms. The molecule has 0 bridgehead atoms. The predicted octanol–water partition coefficient (Wildman–Crippen LogP) is 1.35. The number of benzene rings is 1. The summed E-state index contributed by atoms with van der Waals surface area (Å²) in [4.78, 5) is 24.5. The molecule has 1 fully saturated rings. The van der Waals surface area contributed by atoms with E-state index >= 15 is 0 Å². The van der Waals surface area contributed by atoms with E-state index in [9.17, 15) is 23.5 Å². The number of phenolic OH excluding ortho intramolecular Hbond substituents is 1. The third-order valence-corrected chi connectivity index (χ3v) is 4.69. The lowest BCUT2D eigenvalue weighted by molar-refractivity contribution is 0.0696. The Morgan fingerprint density at radius 2 is 1.91 bits per heavy atom. The van der Waals surface area contributed by atoms with Gasteiger partial charge < -0.3 is 20.4 Å². The molecular formula is C14H12F2N2O4S. The highest BCUT2D eigenvalue weighted by molar-refractivity contribution is 7.16. The molecule has 0 saturated carbocycles. The first-order chi connectivity index (χ1) is 10.9. The third kappa shape index (κ3) is 2.41. The molecule has 0 aliphatic carbocycles. The van der Waals surface area contributed by atoms with Crippen LogP contribution >= 0.6 is 11.3 Å². The number of nitrogens with zero attached hydrogens (tertiary/aromatic N) is 1. The van der Waals surface area contributed by atoms with Gasteiger partial charge in [-0.3, -0.25) is 4.79 Å². The lowest BCUT2D eigenvalue weighted by atomic mass is 10.1. The quantitative estimate of drug-likeness (QED) is 0.763. The number of aromatic hydroxyl groups is 1. The molecule has 3 rings (SSSR count). The molecule has 1 saturated heterocycles. The molecule has 6 nitrogen and oxygen atoms in total. The fraction of sp³-hybridized carbons (Fsp3) is 0.286. The lowest BCUT2D eigenvalue weighted by Crippen LogP contribution is -2.44. The Labute approximate surface area is 132 Å². The molecule has 0 amide bonds. The Balaban J connectivity index is 2.32. The van der Waals surface area contributed by atoms with Gasteiger partial charge in [0.15, 0.2) is 17.4 Å². The van der Waals surface area contributed by atoms with Crippen molar-refractivity contribution in [3.8, 4) is 5.75 Å². The SMILES string of the molecule is O=C(O)c1csc2c(F)c(N3CCNCC3)c(F)c(O)c2c1=O. The fourth-order valence-electron chi connectivity index (χ4n) is 2.58. The van der Waals surface area contributed by atoms with Crippen LogP contribution in [0.25, 0.3) is 10.1 Å². The van der Waals surface area contributed by atoms with Crippen LogP contribution in [0.3, 0.4) is 0 Å². The van der Waals surface area contributed by atoms with Crippen LogP contribution in [0.2, 0.25) is 0 Å². The first-order valence-electron chi connectivity index (χ1n) is 6.78. The van der Waals surface area contributed by atoms with Crippen LogP contribution in [0.4, 0.5) is 14.5 Å². The zero-order valence-corrected chi connectivity index (χ0v) is 12.5. The van der Waals surface area contributed by atoms with Crippen molar-refractivity contribution in [2.24, 2.45) is 0 Å². The number of carboxylic acid groups (broad SMARTS) is 1. The van der Waals surface area contributed by atoms with Crippen molar-refractivity contribution in [1.29, 1.82) is 0 Å². The molecule has 2 aromatic rings. The summed E-state index contributed by atoms with van der Waals surface area (Å²) in [5.41, 5.74) is -2.13. The Kier molecular flexibility index (Phi) is 3.90. The Hall–Kier alpha value is -2.26. The summed E-state index contributed by atoms with van der Waals surface area (Å²) >= 11 is 0.649. The van der Waals surface area contributed by atoms with E-state index in [2.05, 4.69) is 5.32 Å². The summed E-state index contributed by atoms with van der Waals surface area (Å²) < 4.78 is 28.9. The number of fused-ring (bicyclic) bond motifs is 1. The molecule has 0 radical (unpaired) electrons. The van der Waals surface area contributed by atoms with Crippen LogP contribution in [0.15, 0.2) is 10.2 Å². The second-order valence-corrected chi connectivity index (χ2v) is 5.93. The van der Waals surface area contributed by atoms with Crippen molar-refractivity contribution in [2.75, 3.05) is 31.1 Å². The van der Waals surface area contributed by atoms with Crippen molar-refractivity contribution < 1.29 is 23.8 Å². The van der Waals surface area contributed by atoms with Crippen LogP contribution in [0.5, 0.6) is 5.75 Å². The van der Waals surface area contributed by atoms with Crippen molar-refractivity contribution in [2.45, 2.75) is 0 Å². The molecule has 3 N–H and O–H groups in total. The molecular weight excluding hydrogens is 330 g/mol. The largest absolute Gasteiger partial charge is 0.504 e. The maximum Gasteiger partial charge on any atom is 0.340 e. The van der Waals surface area contributed by atoms with Gasteiger partial charge in [-0.1, -0.05) is 0 Å². The summed E-state index contributed by atoms with van der Waals surface area (Å²) in [5, 5.41) is 22.3. The van der Waals surface area contributed by atoms with E-state index in [0.29, 0.717) is 37.5 Å². The van der Waals surface area contributed by atoms with E-state index in [-0.39, 0.29) is 4.70 Å². The highest BCUT2D eigenvalue weighted by Crippen LogP contribution is 2.38. The minimum Gasteiger partial charge on any atom is -0.504 e. The average Bonchev–Trinajstić information content (AvgIpc) is 2.53. The number of hydrogen-bond donors (Lipinski definition) is 3. The fourth-order valence-corrected chi connectivity index (χ4v) is 3.53. The number of rotatable bonds is 2. The monoisotopic (exact) mass is 342 g/mol. The van der Waals surface area contributed by atoms with E-state index < -0.39 is 45.4 Å². The van der Waals surface area contributed by atoms with Gasteiger partial charge >= 0.3 is 5.97 Å². The lowest BCUT2D eigenvalue weighted by Gasteiger charge is -2.30. The van der Waals surface area contributed by atoms with Crippen molar-refractivity contribution in [1.82, 2.24) is 5.32 Å². The van der Waals surface area contributed by atoms with Crippen LogP contribution in [-0.2, 0) is 0 Å². The standard InChI is InChI=1S/C14H12F2N2O4S/c15-8-10(18-3-1-17-2-4-18)9(16)13-7(12(8)20)11(19)6(5-23-13)14(21)22/h5,17,20H,1-4H2,(H,21,22). The molecule has 1 aliphatic rings.